The van der Waals surface area contributed by atoms with Crippen molar-refractivity contribution in [3.05, 3.63) is 0 Å². The fourth-order valence-corrected chi connectivity index (χ4v) is 3.89. The maximum Gasteiger partial charge on any atom is 0.193 e. The van der Waals surface area contributed by atoms with E-state index in [2.05, 4.69) is 29.0 Å². The standard InChI is InChI=1S/C20H40N4O2.HI/c1-4-21-20(22-11-15-23-12-6-5-8-18(23)2)24-13-9-19(10-14-24)26-17-7-16-25-3;/h18-19H,4-17H2,1-3H3,(H,21,22);1H. The zero-order chi connectivity index (χ0) is 18.6. The molecule has 0 amide bonds. The van der Waals surface area contributed by atoms with Gasteiger partial charge in [-0.1, -0.05) is 6.42 Å². The first-order valence-corrected chi connectivity index (χ1v) is 10.6. The summed E-state index contributed by atoms with van der Waals surface area (Å²) in [5, 5.41) is 3.48. The number of piperidine rings is 2. The maximum absolute atomic E-state index is 5.97. The van der Waals surface area contributed by atoms with E-state index in [4.69, 9.17) is 14.5 Å². The number of methoxy groups -OCH3 is 1. The fourth-order valence-electron chi connectivity index (χ4n) is 3.89. The highest BCUT2D eigenvalue weighted by Crippen LogP contribution is 2.16. The van der Waals surface area contributed by atoms with E-state index in [0.717, 1.165) is 71.2 Å². The maximum atomic E-state index is 5.97. The van der Waals surface area contributed by atoms with Gasteiger partial charge < -0.3 is 19.7 Å². The van der Waals surface area contributed by atoms with E-state index in [1.807, 2.05) is 0 Å². The number of hydrogen-bond donors (Lipinski definition) is 1. The lowest BCUT2D eigenvalue weighted by Gasteiger charge is -2.35. The highest BCUT2D eigenvalue weighted by molar-refractivity contribution is 14.0. The van der Waals surface area contributed by atoms with Gasteiger partial charge in [0.1, 0.15) is 0 Å². The summed E-state index contributed by atoms with van der Waals surface area (Å²) in [6.07, 6.45) is 7.59. The number of likely N-dealkylation sites (tertiary alicyclic amines) is 2. The van der Waals surface area contributed by atoms with E-state index >= 15 is 0 Å². The third-order valence-electron chi connectivity index (χ3n) is 5.51. The van der Waals surface area contributed by atoms with Crippen LogP contribution in [0, 0.1) is 0 Å². The van der Waals surface area contributed by atoms with E-state index in [1.54, 1.807) is 7.11 Å². The zero-order valence-electron chi connectivity index (χ0n) is 17.6. The fraction of sp³-hybridized carbons (Fsp3) is 0.950. The van der Waals surface area contributed by atoms with Crippen LogP contribution in [0.2, 0.25) is 0 Å². The summed E-state index contributed by atoms with van der Waals surface area (Å²) >= 11 is 0. The minimum atomic E-state index is 0. The summed E-state index contributed by atoms with van der Waals surface area (Å²) in [7, 11) is 1.74. The van der Waals surface area contributed by atoms with Gasteiger partial charge >= 0.3 is 0 Å². The summed E-state index contributed by atoms with van der Waals surface area (Å²) in [4.78, 5) is 9.90. The van der Waals surface area contributed by atoms with Crippen LogP contribution in [-0.2, 0) is 9.47 Å². The molecule has 2 aliphatic rings. The number of nitrogens with zero attached hydrogens (tertiary/aromatic N) is 3. The molecule has 0 aliphatic carbocycles. The predicted octanol–water partition coefficient (Wildman–Crippen LogP) is 2.96. The third-order valence-corrected chi connectivity index (χ3v) is 5.51. The van der Waals surface area contributed by atoms with Crippen LogP contribution in [0.1, 0.15) is 52.4 Å². The summed E-state index contributed by atoms with van der Waals surface area (Å²) in [6, 6.07) is 0.715. The van der Waals surface area contributed by atoms with Gasteiger partial charge in [0.25, 0.3) is 0 Å². The highest BCUT2D eigenvalue weighted by atomic mass is 127. The van der Waals surface area contributed by atoms with Gasteiger partial charge in [0.15, 0.2) is 5.96 Å². The molecule has 2 fully saturated rings. The summed E-state index contributed by atoms with van der Waals surface area (Å²) in [6.45, 7) is 12.3. The number of halogens is 1. The Morgan fingerprint density at radius 2 is 1.89 bits per heavy atom. The second-order valence-electron chi connectivity index (χ2n) is 7.52. The van der Waals surface area contributed by atoms with Crippen molar-refractivity contribution in [2.24, 2.45) is 4.99 Å². The number of hydrogen-bond acceptors (Lipinski definition) is 4. The molecule has 1 atom stereocenters. The Morgan fingerprint density at radius 3 is 2.56 bits per heavy atom. The molecule has 7 heteroatoms. The number of nitrogens with one attached hydrogen (secondary N) is 1. The van der Waals surface area contributed by atoms with Crippen molar-refractivity contribution >= 4 is 29.9 Å². The van der Waals surface area contributed by atoms with Crippen molar-refractivity contribution in [3.63, 3.8) is 0 Å². The van der Waals surface area contributed by atoms with Crippen molar-refractivity contribution in [2.45, 2.75) is 64.5 Å². The van der Waals surface area contributed by atoms with Crippen molar-refractivity contribution in [1.29, 1.82) is 0 Å². The van der Waals surface area contributed by atoms with Crippen LogP contribution in [0.4, 0.5) is 0 Å². The van der Waals surface area contributed by atoms with E-state index in [1.165, 1.54) is 25.8 Å². The minimum Gasteiger partial charge on any atom is -0.385 e. The molecule has 27 heavy (non-hydrogen) atoms. The van der Waals surface area contributed by atoms with Gasteiger partial charge in [0.05, 0.1) is 12.6 Å². The van der Waals surface area contributed by atoms with Gasteiger partial charge in [0.2, 0.25) is 0 Å². The van der Waals surface area contributed by atoms with Crippen LogP contribution in [0.3, 0.4) is 0 Å². The lowest BCUT2D eigenvalue weighted by Crippen LogP contribution is -2.47. The molecule has 0 aromatic carbocycles. The molecule has 0 spiro atoms. The predicted molar refractivity (Wildman–Crippen MR) is 123 cm³/mol. The Bertz CT molecular complexity index is 403. The van der Waals surface area contributed by atoms with Gasteiger partial charge in [-0.3, -0.25) is 9.89 Å². The van der Waals surface area contributed by atoms with E-state index in [-0.39, 0.29) is 24.0 Å². The van der Waals surface area contributed by atoms with Gasteiger partial charge in [-0.25, -0.2) is 0 Å². The molecule has 160 valence electrons. The second-order valence-corrected chi connectivity index (χ2v) is 7.52. The first-order chi connectivity index (χ1) is 12.7. The smallest absolute Gasteiger partial charge is 0.193 e. The number of rotatable bonds is 9. The minimum absolute atomic E-state index is 0. The Morgan fingerprint density at radius 1 is 1.11 bits per heavy atom. The van der Waals surface area contributed by atoms with Gasteiger partial charge in [-0.05, 0) is 52.5 Å². The van der Waals surface area contributed by atoms with Crippen LogP contribution >= 0.6 is 24.0 Å². The molecule has 6 nitrogen and oxygen atoms in total. The summed E-state index contributed by atoms with van der Waals surface area (Å²) in [5.74, 6) is 1.08. The Hall–Kier alpha value is -0.120. The summed E-state index contributed by atoms with van der Waals surface area (Å²) < 4.78 is 11.1. The normalized spacial score (nSPS) is 22.6. The lowest BCUT2D eigenvalue weighted by atomic mass is 10.0. The van der Waals surface area contributed by atoms with Crippen molar-refractivity contribution in [2.75, 3.05) is 59.6 Å². The number of ether oxygens (including phenoxy) is 2. The van der Waals surface area contributed by atoms with Crippen molar-refractivity contribution in [1.82, 2.24) is 15.1 Å². The molecule has 0 aromatic heterocycles. The average Bonchev–Trinajstić information content (AvgIpc) is 2.67. The molecular weight excluding hydrogens is 455 g/mol. The first kappa shape index (κ1) is 24.9. The topological polar surface area (TPSA) is 49.3 Å². The van der Waals surface area contributed by atoms with Gasteiger partial charge in [-0.2, -0.15) is 0 Å². The Labute approximate surface area is 183 Å². The highest BCUT2D eigenvalue weighted by Gasteiger charge is 2.22. The molecule has 1 N–H and O–H groups in total. The van der Waals surface area contributed by atoms with Crippen LogP contribution < -0.4 is 5.32 Å². The number of guanidine groups is 1. The van der Waals surface area contributed by atoms with Gasteiger partial charge in [0, 0.05) is 52.5 Å². The number of aliphatic imine (C=N–C) groups is 1. The van der Waals surface area contributed by atoms with Crippen LogP contribution in [-0.4, -0.2) is 87.5 Å². The lowest BCUT2D eigenvalue weighted by molar-refractivity contribution is 0.00989. The van der Waals surface area contributed by atoms with Gasteiger partial charge in [-0.15, -0.1) is 24.0 Å². The van der Waals surface area contributed by atoms with Crippen LogP contribution in [0.15, 0.2) is 4.99 Å². The van der Waals surface area contributed by atoms with Crippen molar-refractivity contribution in [3.8, 4) is 0 Å². The quantitative estimate of drug-likeness (QED) is 0.230. The van der Waals surface area contributed by atoms with E-state index in [9.17, 15) is 0 Å². The van der Waals surface area contributed by atoms with Crippen molar-refractivity contribution < 1.29 is 9.47 Å². The zero-order valence-corrected chi connectivity index (χ0v) is 20.0. The van der Waals surface area contributed by atoms with Crippen LogP contribution in [0.5, 0.6) is 0 Å². The van der Waals surface area contributed by atoms with Crippen LogP contribution in [0.25, 0.3) is 0 Å². The molecule has 0 saturated carbocycles. The molecule has 2 saturated heterocycles. The molecular formula is C20H41IN4O2. The third kappa shape index (κ3) is 9.28. The average molecular weight is 496 g/mol. The molecule has 0 aromatic rings. The van der Waals surface area contributed by atoms with E-state index in [0.29, 0.717) is 12.1 Å². The molecule has 1 unspecified atom stereocenters. The SMILES string of the molecule is CCNC(=NCCN1CCCCC1C)N1CCC(OCCCOC)CC1.I. The Balaban J connectivity index is 0.00000364. The Kier molecular flexibility index (Phi) is 13.7. The van der Waals surface area contributed by atoms with E-state index < -0.39 is 0 Å². The molecule has 0 bridgehead atoms. The molecule has 0 radical (unpaired) electrons. The molecule has 2 aliphatic heterocycles. The first-order valence-electron chi connectivity index (χ1n) is 10.6. The largest absolute Gasteiger partial charge is 0.385 e. The monoisotopic (exact) mass is 496 g/mol. The molecule has 2 heterocycles. The second kappa shape index (κ2) is 14.8. The summed E-state index contributed by atoms with van der Waals surface area (Å²) in [5.41, 5.74) is 0. The molecule has 2 rings (SSSR count).